The minimum atomic E-state index is -4.74. The van der Waals surface area contributed by atoms with Gasteiger partial charge in [0.05, 0.1) is 10.6 Å². The Bertz CT molecular complexity index is 1250. The maximum absolute atomic E-state index is 13.3. The van der Waals surface area contributed by atoms with E-state index in [9.17, 15) is 26.4 Å². The van der Waals surface area contributed by atoms with Gasteiger partial charge in [-0.2, -0.15) is 18.3 Å². The molecule has 3 aromatic rings. The average Bonchev–Trinajstić information content (AvgIpc) is 3.34. The van der Waals surface area contributed by atoms with Crippen LogP contribution < -0.4 is 0 Å². The highest BCUT2D eigenvalue weighted by Gasteiger charge is 2.36. The molecule has 13 heteroatoms. The molecule has 0 saturated heterocycles. The van der Waals surface area contributed by atoms with Crippen molar-refractivity contribution in [1.29, 1.82) is 0 Å². The van der Waals surface area contributed by atoms with Crippen LogP contribution in [0.4, 0.5) is 13.2 Å². The minimum absolute atomic E-state index is 0.0150. The van der Waals surface area contributed by atoms with Crippen molar-refractivity contribution in [3.05, 3.63) is 42.1 Å². The van der Waals surface area contributed by atoms with Crippen molar-refractivity contribution in [2.45, 2.75) is 17.6 Å². The summed E-state index contributed by atoms with van der Waals surface area (Å²) in [5.41, 5.74) is -0.968. The molecule has 0 radical (unpaired) electrons. The molecule has 0 bridgehead atoms. The summed E-state index contributed by atoms with van der Waals surface area (Å²) in [4.78, 5) is 13.9. The normalized spacial score (nSPS) is 12.3. The summed E-state index contributed by atoms with van der Waals surface area (Å²) in [6.45, 7) is -0.0470. The number of halogens is 3. The summed E-state index contributed by atoms with van der Waals surface area (Å²) in [5.74, 6) is -0.634. The molecule has 33 heavy (non-hydrogen) atoms. The number of aromatic nitrogens is 3. The first-order valence-electron chi connectivity index (χ1n) is 9.57. The molecule has 0 N–H and O–H groups in total. The van der Waals surface area contributed by atoms with Crippen LogP contribution in [0.1, 0.15) is 5.69 Å². The van der Waals surface area contributed by atoms with E-state index in [-0.39, 0.29) is 28.7 Å². The number of ether oxygens (including phenoxy) is 1. The van der Waals surface area contributed by atoms with Crippen LogP contribution in [-0.4, -0.2) is 67.7 Å². The molecular formula is C20H21F3N4O5S. The second kappa shape index (κ2) is 9.35. The van der Waals surface area contributed by atoms with Gasteiger partial charge in [-0.05, 0) is 32.3 Å². The number of hydrogen-bond donors (Lipinski definition) is 0. The molecule has 0 fully saturated rings. The Labute approximate surface area is 187 Å². The molecule has 0 atom stereocenters. The van der Waals surface area contributed by atoms with Crippen molar-refractivity contribution >= 4 is 15.8 Å². The molecular weight excluding hydrogens is 465 g/mol. The monoisotopic (exact) mass is 486 g/mol. The smallest absolute Gasteiger partial charge is 0.435 e. The van der Waals surface area contributed by atoms with E-state index >= 15 is 0 Å². The number of benzene rings is 1. The van der Waals surface area contributed by atoms with Crippen LogP contribution in [0.5, 0.6) is 0 Å². The van der Waals surface area contributed by atoms with Gasteiger partial charge in [0.1, 0.15) is 18.8 Å². The lowest BCUT2D eigenvalue weighted by molar-refractivity contribution is -0.146. The number of hydrogen-bond acceptors (Lipinski definition) is 8. The van der Waals surface area contributed by atoms with E-state index < -0.39 is 34.2 Å². The third-order valence-electron chi connectivity index (χ3n) is 4.47. The van der Waals surface area contributed by atoms with Crippen molar-refractivity contribution in [3.63, 3.8) is 0 Å². The molecule has 0 amide bonds. The van der Waals surface area contributed by atoms with Gasteiger partial charge < -0.3 is 14.2 Å². The lowest BCUT2D eigenvalue weighted by Crippen LogP contribution is -2.22. The number of esters is 1. The summed E-state index contributed by atoms with van der Waals surface area (Å²) in [7, 11) is 0.0804. The third kappa shape index (κ3) is 6.20. The summed E-state index contributed by atoms with van der Waals surface area (Å²) in [6, 6.07) is 7.93. The molecule has 2 aromatic heterocycles. The van der Waals surface area contributed by atoms with Gasteiger partial charge >= 0.3 is 12.1 Å². The number of rotatable bonds is 8. The molecule has 0 aliphatic carbocycles. The Morgan fingerprint density at radius 3 is 2.58 bits per heavy atom. The molecule has 0 aliphatic heterocycles. The predicted molar refractivity (Wildman–Crippen MR) is 111 cm³/mol. The second-order valence-corrected chi connectivity index (χ2v) is 9.49. The van der Waals surface area contributed by atoms with Crippen LogP contribution in [0.3, 0.4) is 0 Å². The molecule has 3 rings (SSSR count). The molecule has 2 heterocycles. The number of alkyl halides is 3. The van der Waals surface area contributed by atoms with Gasteiger partial charge in [-0.1, -0.05) is 17.3 Å². The van der Waals surface area contributed by atoms with Crippen LogP contribution in [0.25, 0.3) is 22.7 Å². The molecule has 0 aliphatic rings. The van der Waals surface area contributed by atoms with E-state index in [1.807, 2.05) is 0 Å². The van der Waals surface area contributed by atoms with Gasteiger partial charge in [0.2, 0.25) is 0 Å². The Morgan fingerprint density at radius 2 is 1.94 bits per heavy atom. The van der Waals surface area contributed by atoms with E-state index in [1.54, 1.807) is 25.1 Å². The van der Waals surface area contributed by atoms with Crippen LogP contribution in [0, 0.1) is 0 Å². The van der Waals surface area contributed by atoms with Crippen LogP contribution >= 0.6 is 0 Å². The highest BCUT2D eigenvalue weighted by Crippen LogP contribution is 2.33. The average molecular weight is 486 g/mol. The van der Waals surface area contributed by atoms with Gasteiger partial charge in [-0.3, -0.25) is 9.48 Å². The lowest BCUT2D eigenvalue weighted by Gasteiger charge is -2.10. The van der Waals surface area contributed by atoms with Crippen molar-refractivity contribution in [1.82, 2.24) is 19.8 Å². The summed E-state index contributed by atoms with van der Waals surface area (Å²) in [5, 5.41) is 7.28. The van der Waals surface area contributed by atoms with E-state index in [0.29, 0.717) is 12.1 Å². The highest BCUT2D eigenvalue weighted by molar-refractivity contribution is 7.90. The van der Waals surface area contributed by atoms with Crippen molar-refractivity contribution < 1.29 is 35.6 Å². The second-order valence-electron chi connectivity index (χ2n) is 7.47. The first kappa shape index (κ1) is 24.5. The Kier molecular flexibility index (Phi) is 6.93. The van der Waals surface area contributed by atoms with Crippen LogP contribution in [0.2, 0.25) is 0 Å². The Morgan fingerprint density at radius 1 is 1.21 bits per heavy atom. The first-order chi connectivity index (χ1) is 15.3. The van der Waals surface area contributed by atoms with Crippen molar-refractivity contribution in [2.24, 2.45) is 0 Å². The van der Waals surface area contributed by atoms with Gasteiger partial charge in [0, 0.05) is 24.4 Å². The quantitative estimate of drug-likeness (QED) is 0.448. The zero-order valence-corrected chi connectivity index (χ0v) is 18.8. The number of nitrogens with zero attached hydrogens (tertiary/aromatic N) is 4. The standard InChI is InChI=1S/C20H21F3N4O5S/c1-26(2)7-8-31-19(28)12-27-16(11-18(24-27)20(21,22)23)15-10-17(32-25-15)13-5-4-6-14(9-13)33(3,29)30/h4-6,9-11H,7-8,12H2,1-3H3. The highest BCUT2D eigenvalue weighted by atomic mass is 32.2. The Balaban J connectivity index is 1.92. The number of carbonyl (C=O) groups is 1. The van der Waals surface area contributed by atoms with Crippen LogP contribution in [-0.2, 0) is 32.1 Å². The van der Waals surface area contributed by atoms with Crippen molar-refractivity contribution in [2.75, 3.05) is 33.5 Å². The fraction of sp³-hybridized carbons (Fsp3) is 0.350. The summed E-state index contributed by atoms with van der Waals surface area (Å²) >= 11 is 0. The third-order valence-corrected chi connectivity index (χ3v) is 5.58. The first-order valence-corrected chi connectivity index (χ1v) is 11.5. The maximum Gasteiger partial charge on any atom is 0.435 e. The van der Waals surface area contributed by atoms with E-state index in [2.05, 4.69) is 10.3 Å². The fourth-order valence-electron chi connectivity index (χ4n) is 2.80. The van der Waals surface area contributed by atoms with Gasteiger partial charge in [0.25, 0.3) is 0 Å². The maximum atomic E-state index is 13.3. The zero-order chi connectivity index (χ0) is 24.4. The molecule has 0 saturated carbocycles. The van der Waals surface area contributed by atoms with Gasteiger partial charge in [0.15, 0.2) is 21.3 Å². The minimum Gasteiger partial charge on any atom is -0.463 e. The van der Waals surface area contributed by atoms with E-state index in [1.165, 1.54) is 24.3 Å². The largest absolute Gasteiger partial charge is 0.463 e. The van der Waals surface area contributed by atoms with E-state index in [4.69, 9.17) is 9.26 Å². The molecule has 9 nitrogen and oxygen atoms in total. The zero-order valence-electron chi connectivity index (χ0n) is 18.0. The molecule has 0 unspecified atom stereocenters. The summed E-state index contributed by atoms with van der Waals surface area (Å²) in [6.07, 6.45) is -3.70. The van der Waals surface area contributed by atoms with Gasteiger partial charge in [-0.15, -0.1) is 0 Å². The molecule has 178 valence electrons. The lowest BCUT2D eigenvalue weighted by atomic mass is 10.1. The SMILES string of the molecule is CN(C)CCOC(=O)Cn1nc(C(F)(F)F)cc1-c1cc(-c2cccc(S(C)(=O)=O)c2)on1. The fourth-order valence-corrected chi connectivity index (χ4v) is 3.47. The predicted octanol–water partition coefficient (Wildman–Crippen LogP) is 2.73. The Hall–Kier alpha value is -3.19. The van der Waals surface area contributed by atoms with Crippen LogP contribution in [0.15, 0.2) is 45.8 Å². The van der Waals surface area contributed by atoms with E-state index in [0.717, 1.165) is 17.0 Å². The topological polar surface area (TPSA) is 108 Å². The summed E-state index contributed by atoms with van der Waals surface area (Å²) < 4.78 is 74.5. The number of carbonyl (C=O) groups excluding carboxylic acids is 1. The number of likely N-dealkylation sites (N-methyl/N-ethyl adjacent to an activating group) is 1. The molecule has 0 spiro atoms. The van der Waals surface area contributed by atoms with Gasteiger partial charge in [-0.25, -0.2) is 8.42 Å². The molecule has 1 aromatic carbocycles. The number of sulfone groups is 1. The van der Waals surface area contributed by atoms with Crippen molar-refractivity contribution in [3.8, 4) is 22.7 Å².